The topological polar surface area (TPSA) is 123 Å². The van der Waals surface area contributed by atoms with Gasteiger partial charge in [-0.3, -0.25) is 19.9 Å². The van der Waals surface area contributed by atoms with E-state index in [4.69, 9.17) is 16.2 Å². The van der Waals surface area contributed by atoms with E-state index in [0.717, 1.165) is 22.4 Å². The first-order chi connectivity index (χ1) is 14.4. The van der Waals surface area contributed by atoms with Crippen LogP contribution in [0.3, 0.4) is 0 Å². The molecule has 0 aromatic heterocycles. The number of nitrogens with zero attached hydrogens (tertiary/aromatic N) is 2. The maximum atomic E-state index is 13.1. The molecule has 0 spiro atoms. The summed E-state index contributed by atoms with van der Waals surface area (Å²) in [6.45, 7) is 2.01. The van der Waals surface area contributed by atoms with Crippen LogP contribution in [0.15, 0.2) is 48.5 Å². The summed E-state index contributed by atoms with van der Waals surface area (Å²) in [5, 5.41) is 19.1. The van der Waals surface area contributed by atoms with E-state index in [1.165, 1.54) is 0 Å². The first kappa shape index (κ1) is 21.3. The molecule has 1 aliphatic heterocycles. The smallest absolute Gasteiger partial charge is 0.304 e. The Bertz CT molecular complexity index is 916. The van der Waals surface area contributed by atoms with Gasteiger partial charge >= 0.3 is 5.97 Å². The third-order valence-electron chi connectivity index (χ3n) is 5.05. The molecule has 0 bridgehead atoms. The first-order valence-corrected chi connectivity index (χ1v) is 9.90. The van der Waals surface area contributed by atoms with E-state index in [-0.39, 0.29) is 24.8 Å². The van der Waals surface area contributed by atoms with Crippen LogP contribution in [0.5, 0.6) is 0 Å². The normalized spacial score (nSPS) is 14.1. The Balaban J connectivity index is 1.88. The second-order valence-electron chi connectivity index (χ2n) is 7.37. The van der Waals surface area contributed by atoms with Gasteiger partial charge in [0.15, 0.2) is 5.96 Å². The number of nitrogens with one attached hydrogen (secondary N) is 2. The molecule has 1 amide bonds. The Hall–Kier alpha value is -3.39. The SMILES string of the molecule is N=C(N)NCCc1ccc2c(c1)N(Cc1ccccc1)C(=O)CN(CCC(=O)O)C2. The van der Waals surface area contributed by atoms with Gasteiger partial charge in [0.2, 0.25) is 5.91 Å². The molecule has 8 nitrogen and oxygen atoms in total. The first-order valence-electron chi connectivity index (χ1n) is 9.90. The third kappa shape index (κ3) is 5.81. The van der Waals surface area contributed by atoms with Crippen LogP contribution in [0.1, 0.15) is 23.1 Å². The number of carboxylic acid groups (broad SMARTS) is 1. The van der Waals surface area contributed by atoms with Gasteiger partial charge in [0.25, 0.3) is 0 Å². The van der Waals surface area contributed by atoms with E-state index in [1.807, 2.05) is 53.4 Å². The predicted octanol–water partition coefficient (Wildman–Crippen LogP) is 1.54. The number of hydrogen-bond donors (Lipinski definition) is 4. The van der Waals surface area contributed by atoms with E-state index < -0.39 is 5.97 Å². The number of carbonyl (C=O) groups is 2. The van der Waals surface area contributed by atoms with Gasteiger partial charge in [0.05, 0.1) is 19.5 Å². The fourth-order valence-electron chi connectivity index (χ4n) is 3.55. The Morgan fingerprint density at radius 2 is 1.90 bits per heavy atom. The van der Waals surface area contributed by atoms with Crippen LogP contribution in [-0.2, 0) is 29.1 Å². The van der Waals surface area contributed by atoms with Crippen molar-refractivity contribution in [3.63, 3.8) is 0 Å². The van der Waals surface area contributed by atoms with Crippen LogP contribution in [0.25, 0.3) is 0 Å². The van der Waals surface area contributed by atoms with Crippen LogP contribution < -0.4 is 16.0 Å². The quantitative estimate of drug-likeness (QED) is 0.387. The molecule has 158 valence electrons. The van der Waals surface area contributed by atoms with Gasteiger partial charge in [0, 0.05) is 25.3 Å². The zero-order valence-electron chi connectivity index (χ0n) is 16.8. The molecule has 30 heavy (non-hydrogen) atoms. The minimum Gasteiger partial charge on any atom is -0.481 e. The van der Waals surface area contributed by atoms with Crippen LogP contribution in [-0.4, -0.2) is 47.5 Å². The minimum absolute atomic E-state index is 0.00387. The summed E-state index contributed by atoms with van der Waals surface area (Å²) >= 11 is 0. The molecule has 8 heteroatoms. The number of hydrogen-bond acceptors (Lipinski definition) is 4. The highest BCUT2D eigenvalue weighted by atomic mass is 16.4. The molecule has 0 unspecified atom stereocenters. The average Bonchev–Trinajstić information content (AvgIpc) is 2.83. The van der Waals surface area contributed by atoms with E-state index in [2.05, 4.69) is 5.32 Å². The largest absolute Gasteiger partial charge is 0.481 e. The monoisotopic (exact) mass is 409 g/mol. The number of fused-ring (bicyclic) bond motifs is 1. The van der Waals surface area contributed by atoms with Crippen molar-refractivity contribution >= 4 is 23.5 Å². The number of anilines is 1. The van der Waals surface area contributed by atoms with Gasteiger partial charge < -0.3 is 21.1 Å². The Kier molecular flexibility index (Phi) is 7.03. The van der Waals surface area contributed by atoms with E-state index >= 15 is 0 Å². The average molecular weight is 409 g/mol. The van der Waals surface area contributed by atoms with Crippen molar-refractivity contribution in [3.8, 4) is 0 Å². The van der Waals surface area contributed by atoms with Crippen LogP contribution >= 0.6 is 0 Å². The standard InChI is InChI=1S/C22H27N5O3/c23-22(24)25-10-8-16-6-7-18-14-26(11-9-21(29)30)15-20(28)27(19(18)12-16)13-17-4-2-1-3-5-17/h1-7,12H,8-11,13-15H2,(H,29,30)(H4,23,24,25). The molecule has 0 saturated heterocycles. The van der Waals surface area contributed by atoms with Crippen molar-refractivity contribution in [2.75, 3.05) is 24.5 Å². The Labute approximate surface area is 175 Å². The zero-order chi connectivity index (χ0) is 21.5. The minimum atomic E-state index is -0.874. The molecule has 0 aliphatic carbocycles. The van der Waals surface area contributed by atoms with Crippen molar-refractivity contribution in [1.82, 2.24) is 10.2 Å². The number of nitrogens with two attached hydrogens (primary N) is 1. The van der Waals surface area contributed by atoms with Gasteiger partial charge in [-0.25, -0.2) is 0 Å². The number of carboxylic acids is 1. The van der Waals surface area contributed by atoms with Crippen molar-refractivity contribution in [1.29, 1.82) is 5.41 Å². The predicted molar refractivity (Wildman–Crippen MR) is 115 cm³/mol. The summed E-state index contributed by atoms with van der Waals surface area (Å²) in [7, 11) is 0. The third-order valence-corrected chi connectivity index (χ3v) is 5.05. The summed E-state index contributed by atoms with van der Waals surface area (Å²) in [6.07, 6.45) is 0.666. The lowest BCUT2D eigenvalue weighted by atomic mass is 10.0. The van der Waals surface area contributed by atoms with Crippen molar-refractivity contribution < 1.29 is 14.7 Å². The summed E-state index contributed by atoms with van der Waals surface area (Å²) in [4.78, 5) is 27.8. The van der Waals surface area contributed by atoms with Gasteiger partial charge in [0.1, 0.15) is 0 Å². The molecule has 1 heterocycles. The van der Waals surface area contributed by atoms with Gasteiger partial charge in [-0.2, -0.15) is 0 Å². The van der Waals surface area contributed by atoms with Crippen LogP contribution in [0.2, 0.25) is 0 Å². The van der Waals surface area contributed by atoms with E-state index in [0.29, 0.717) is 32.6 Å². The number of benzene rings is 2. The summed E-state index contributed by atoms with van der Waals surface area (Å²) in [6, 6.07) is 15.8. The number of aliphatic carboxylic acids is 1. The van der Waals surface area contributed by atoms with E-state index in [1.54, 1.807) is 4.90 Å². The summed E-state index contributed by atoms with van der Waals surface area (Å²) < 4.78 is 0. The van der Waals surface area contributed by atoms with Gasteiger partial charge in [-0.15, -0.1) is 0 Å². The van der Waals surface area contributed by atoms with Gasteiger partial charge in [-0.05, 0) is 29.2 Å². The maximum absolute atomic E-state index is 13.1. The highest BCUT2D eigenvalue weighted by Crippen LogP contribution is 2.29. The molecule has 2 aromatic rings. The van der Waals surface area contributed by atoms with Crippen LogP contribution in [0, 0.1) is 5.41 Å². The number of carbonyl (C=O) groups excluding carboxylic acids is 1. The lowest BCUT2D eigenvalue weighted by molar-refractivity contribution is -0.137. The lowest BCUT2D eigenvalue weighted by Crippen LogP contribution is -2.37. The molecule has 1 aliphatic rings. The van der Waals surface area contributed by atoms with E-state index in [9.17, 15) is 9.59 Å². The number of guanidine groups is 1. The summed E-state index contributed by atoms with van der Waals surface area (Å²) in [5.74, 6) is -0.997. The van der Waals surface area contributed by atoms with Crippen LogP contribution in [0.4, 0.5) is 5.69 Å². The molecule has 5 N–H and O–H groups in total. The van der Waals surface area contributed by atoms with Crippen molar-refractivity contribution in [2.45, 2.75) is 25.9 Å². The zero-order valence-corrected chi connectivity index (χ0v) is 16.8. The maximum Gasteiger partial charge on any atom is 0.304 e. The number of amides is 1. The molecule has 3 rings (SSSR count). The fraction of sp³-hybridized carbons (Fsp3) is 0.318. The fourth-order valence-corrected chi connectivity index (χ4v) is 3.55. The Morgan fingerprint density at radius 3 is 2.60 bits per heavy atom. The molecular formula is C22H27N5O3. The molecule has 2 aromatic carbocycles. The highest BCUT2D eigenvalue weighted by molar-refractivity contribution is 5.96. The molecule has 0 saturated carbocycles. The molecule has 0 radical (unpaired) electrons. The lowest BCUT2D eigenvalue weighted by Gasteiger charge is -2.24. The van der Waals surface area contributed by atoms with Gasteiger partial charge in [-0.1, -0.05) is 42.5 Å². The molecule has 0 fully saturated rings. The Morgan fingerprint density at radius 1 is 1.13 bits per heavy atom. The second kappa shape index (κ2) is 9.89. The number of rotatable bonds is 8. The van der Waals surface area contributed by atoms with Crippen molar-refractivity contribution in [2.24, 2.45) is 5.73 Å². The molecular weight excluding hydrogens is 382 g/mol. The summed E-state index contributed by atoms with van der Waals surface area (Å²) in [5.41, 5.74) is 9.25. The van der Waals surface area contributed by atoms with Crippen molar-refractivity contribution in [3.05, 3.63) is 65.2 Å². The second-order valence-corrected chi connectivity index (χ2v) is 7.37. The molecule has 0 atom stereocenters. The highest BCUT2D eigenvalue weighted by Gasteiger charge is 2.27.